The fourth-order valence-corrected chi connectivity index (χ4v) is 4.46. The highest BCUT2D eigenvalue weighted by Crippen LogP contribution is 2.43. The molecule has 0 saturated carbocycles. The van der Waals surface area contributed by atoms with E-state index >= 15 is 0 Å². The number of ether oxygens (including phenoxy) is 4. The number of nitrogens with one attached hydrogen (secondary N) is 1. The zero-order valence-electron chi connectivity index (χ0n) is 16.7. The van der Waals surface area contributed by atoms with Gasteiger partial charge in [-0.2, -0.15) is 0 Å². The predicted molar refractivity (Wildman–Crippen MR) is 107 cm³/mol. The number of hydrogen-bond donors (Lipinski definition) is 1. The normalized spacial score (nSPS) is 18.8. The van der Waals surface area contributed by atoms with E-state index in [0.717, 1.165) is 5.56 Å². The topological polar surface area (TPSA) is 86.3 Å². The SMILES string of the molecule is COCCCNC(=O)[C@H]1CS[C@H](c2ccc(OC)c(OC)c2)N1C(=O)COC. The van der Waals surface area contributed by atoms with Crippen LogP contribution in [0, 0.1) is 0 Å². The lowest BCUT2D eigenvalue weighted by atomic mass is 10.1. The molecule has 1 saturated heterocycles. The molecule has 0 spiro atoms. The van der Waals surface area contributed by atoms with Crippen LogP contribution in [-0.4, -0.2) is 76.7 Å². The van der Waals surface area contributed by atoms with Gasteiger partial charge in [0.1, 0.15) is 18.0 Å². The number of rotatable bonds is 10. The number of hydrogen-bond acceptors (Lipinski definition) is 7. The highest BCUT2D eigenvalue weighted by atomic mass is 32.2. The Morgan fingerprint density at radius 1 is 1.14 bits per heavy atom. The van der Waals surface area contributed by atoms with Gasteiger partial charge in [0.25, 0.3) is 0 Å². The Kier molecular flexibility index (Phi) is 8.88. The van der Waals surface area contributed by atoms with E-state index in [1.165, 1.54) is 18.9 Å². The van der Waals surface area contributed by atoms with E-state index in [0.29, 0.717) is 36.8 Å². The molecule has 0 aromatic heterocycles. The van der Waals surface area contributed by atoms with Gasteiger partial charge in [0.15, 0.2) is 11.5 Å². The minimum atomic E-state index is -0.562. The highest BCUT2D eigenvalue weighted by Gasteiger charge is 2.42. The Morgan fingerprint density at radius 3 is 2.54 bits per heavy atom. The zero-order valence-corrected chi connectivity index (χ0v) is 17.5. The van der Waals surface area contributed by atoms with Crippen LogP contribution in [0.3, 0.4) is 0 Å². The van der Waals surface area contributed by atoms with Crippen molar-refractivity contribution in [3.63, 3.8) is 0 Å². The van der Waals surface area contributed by atoms with Crippen molar-refractivity contribution in [1.29, 1.82) is 0 Å². The van der Waals surface area contributed by atoms with Gasteiger partial charge in [0.2, 0.25) is 11.8 Å². The highest BCUT2D eigenvalue weighted by molar-refractivity contribution is 7.99. The summed E-state index contributed by atoms with van der Waals surface area (Å²) in [6.45, 7) is 0.985. The summed E-state index contributed by atoms with van der Waals surface area (Å²) in [5, 5.41) is 2.58. The number of nitrogens with zero attached hydrogens (tertiary/aromatic N) is 1. The van der Waals surface area contributed by atoms with E-state index in [1.807, 2.05) is 12.1 Å². The van der Waals surface area contributed by atoms with Crippen molar-refractivity contribution in [3.05, 3.63) is 23.8 Å². The molecule has 0 aliphatic carbocycles. The molecule has 28 heavy (non-hydrogen) atoms. The summed E-state index contributed by atoms with van der Waals surface area (Å²) < 4.78 is 20.7. The van der Waals surface area contributed by atoms with E-state index < -0.39 is 6.04 Å². The third-order valence-electron chi connectivity index (χ3n) is 4.38. The lowest BCUT2D eigenvalue weighted by molar-refractivity contribution is -0.142. The molecule has 1 aromatic rings. The van der Waals surface area contributed by atoms with Gasteiger partial charge in [0, 0.05) is 33.1 Å². The monoisotopic (exact) mass is 412 g/mol. The minimum Gasteiger partial charge on any atom is -0.493 e. The summed E-state index contributed by atoms with van der Waals surface area (Å²) in [6.07, 6.45) is 0.716. The smallest absolute Gasteiger partial charge is 0.250 e. The molecule has 2 amide bonds. The number of carbonyl (C=O) groups is 2. The summed E-state index contributed by atoms with van der Waals surface area (Å²) >= 11 is 1.54. The zero-order chi connectivity index (χ0) is 20.5. The van der Waals surface area contributed by atoms with Gasteiger partial charge in [0.05, 0.1) is 14.2 Å². The van der Waals surface area contributed by atoms with Crippen LogP contribution < -0.4 is 14.8 Å². The number of methoxy groups -OCH3 is 4. The Morgan fingerprint density at radius 2 is 1.89 bits per heavy atom. The van der Waals surface area contributed by atoms with Crippen LogP contribution >= 0.6 is 11.8 Å². The molecule has 1 aliphatic heterocycles. The van der Waals surface area contributed by atoms with E-state index in [-0.39, 0.29) is 23.8 Å². The van der Waals surface area contributed by atoms with Gasteiger partial charge in [-0.1, -0.05) is 6.07 Å². The van der Waals surface area contributed by atoms with Gasteiger partial charge in [-0.05, 0) is 24.1 Å². The van der Waals surface area contributed by atoms with E-state index in [4.69, 9.17) is 18.9 Å². The summed E-state index contributed by atoms with van der Waals surface area (Å²) in [7, 11) is 6.22. The fourth-order valence-electron chi connectivity index (χ4n) is 3.02. The largest absolute Gasteiger partial charge is 0.493 e. The van der Waals surface area contributed by atoms with Gasteiger partial charge >= 0.3 is 0 Å². The maximum Gasteiger partial charge on any atom is 0.250 e. The average molecular weight is 413 g/mol. The molecule has 0 radical (unpaired) electrons. The van der Waals surface area contributed by atoms with Crippen molar-refractivity contribution in [2.45, 2.75) is 17.8 Å². The summed E-state index contributed by atoms with van der Waals surface area (Å²) in [4.78, 5) is 27.0. The molecule has 1 N–H and O–H groups in total. The van der Waals surface area contributed by atoms with Crippen LogP contribution in [0.5, 0.6) is 11.5 Å². The second-order valence-electron chi connectivity index (χ2n) is 6.19. The molecule has 2 atom stereocenters. The first kappa shape index (κ1) is 22.3. The van der Waals surface area contributed by atoms with Crippen molar-refractivity contribution < 1.29 is 28.5 Å². The fraction of sp³-hybridized carbons (Fsp3) is 0.579. The summed E-state index contributed by atoms with van der Waals surface area (Å²) in [5.41, 5.74) is 0.863. The van der Waals surface area contributed by atoms with E-state index in [2.05, 4.69) is 5.32 Å². The number of benzene rings is 1. The van der Waals surface area contributed by atoms with Crippen LogP contribution in [-0.2, 0) is 19.1 Å². The van der Waals surface area contributed by atoms with Crippen molar-refractivity contribution in [2.75, 3.05) is 54.0 Å². The molecular weight excluding hydrogens is 384 g/mol. The Hall–Kier alpha value is -1.97. The Balaban J connectivity index is 2.22. The molecule has 2 rings (SSSR count). The number of thioether (sulfide) groups is 1. The lowest BCUT2D eigenvalue weighted by Crippen LogP contribution is -2.49. The van der Waals surface area contributed by atoms with Crippen molar-refractivity contribution in [1.82, 2.24) is 10.2 Å². The summed E-state index contributed by atoms with van der Waals surface area (Å²) in [6, 6.07) is 4.95. The third kappa shape index (κ3) is 5.30. The molecule has 0 unspecified atom stereocenters. The Bertz CT molecular complexity index is 672. The van der Waals surface area contributed by atoms with Gasteiger partial charge < -0.3 is 29.2 Å². The van der Waals surface area contributed by atoms with Crippen molar-refractivity contribution in [3.8, 4) is 11.5 Å². The Labute approximate surface area is 169 Å². The van der Waals surface area contributed by atoms with Gasteiger partial charge in [-0.15, -0.1) is 11.8 Å². The summed E-state index contributed by atoms with van der Waals surface area (Å²) in [5.74, 6) is 1.29. The minimum absolute atomic E-state index is 0.0855. The van der Waals surface area contributed by atoms with Crippen LogP contribution in [0.25, 0.3) is 0 Å². The quantitative estimate of drug-likeness (QED) is 0.582. The predicted octanol–water partition coefficient (Wildman–Crippen LogP) is 1.45. The first-order valence-electron chi connectivity index (χ1n) is 8.97. The average Bonchev–Trinajstić information content (AvgIpc) is 3.16. The standard InChI is InChI=1S/C19H28N2O6S/c1-24-9-5-8-20-18(23)14-12-28-19(21(14)17(22)11-25-2)13-6-7-15(26-3)16(10-13)27-4/h6-7,10,14,19H,5,8-9,11-12H2,1-4H3,(H,20,23)/t14-,19-/m1/s1. The van der Waals surface area contributed by atoms with Crippen LogP contribution in [0.1, 0.15) is 17.4 Å². The molecule has 1 heterocycles. The van der Waals surface area contributed by atoms with Crippen LogP contribution in [0.4, 0.5) is 0 Å². The van der Waals surface area contributed by atoms with Crippen LogP contribution in [0.2, 0.25) is 0 Å². The first-order chi connectivity index (χ1) is 13.6. The molecule has 0 bridgehead atoms. The second kappa shape index (κ2) is 11.1. The second-order valence-corrected chi connectivity index (χ2v) is 7.30. The number of carbonyl (C=O) groups excluding carboxylic acids is 2. The molecule has 8 nitrogen and oxygen atoms in total. The van der Waals surface area contributed by atoms with E-state index in [9.17, 15) is 9.59 Å². The maximum atomic E-state index is 12.7. The molecule has 1 fully saturated rings. The van der Waals surface area contributed by atoms with Crippen molar-refractivity contribution in [2.24, 2.45) is 0 Å². The molecule has 156 valence electrons. The molecule has 1 aromatic carbocycles. The third-order valence-corrected chi connectivity index (χ3v) is 5.70. The van der Waals surface area contributed by atoms with Crippen molar-refractivity contribution >= 4 is 23.6 Å². The van der Waals surface area contributed by atoms with Gasteiger partial charge in [-0.25, -0.2) is 0 Å². The number of amides is 2. The van der Waals surface area contributed by atoms with E-state index in [1.54, 1.807) is 32.3 Å². The maximum absolute atomic E-state index is 12.7. The van der Waals surface area contributed by atoms with Gasteiger partial charge in [-0.3, -0.25) is 9.59 Å². The van der Waals surface area contributed by atoms with Crippen LogP contribution in [0.15, 0.2) is 18.2 Å². The lowest BCUT2D eigenvalue weighted by Gasteiger charge is -2.29. The molecular formula is C19H28N2O6S. The molecule has 1 aliphatic rings. The molecule has 9 heteroatoms. The first-order valence-corrected chi connectivity index (χ1v) is 10.0.